The Kier molecular flexibility index (Phi) is 4.10. The van der Waals surface area contributed by atoms with E-state index in [-0.39, 0.29) is 5.92 Å². The van der Waals surface area contributed by atoms with Gasteiger partial charge >= 0.3 is 5.97 Å². The van der Waals surface area contributed by atoms with Crippen LogP contribution in [0.25, 0.3) is 0 Å². The normalized spacial score (nSPS) is 22.9. The number of nitriles is 1. The van der Waals surface area contributed by atoms with Crippen molar-refractivity contribution in [2.45, 2.75) is 26.8 Å². The highest BCUT2D eigenvalue weighted by molar-refractivity contribution is 5.75. The molecule has 4 heteroatoms. The van der Waals surface area contributed by atoms with E-state index in [4.69, 9.17) is 5.26 Å². The summed E-state index contributed by atoms with van der Waals surface area (Å²) in [6, 6.07) is 9.59. The van der Waals surface area contributed by atoms with Crippen molar-refractivity contribution in [1.82, 2.24) is 4.90 Å². The molecule has 1 saturated heterocycles. The van der Waals surface area contributed by atoms with Crippen LogP contribution < -0.4 is 0 Å². The molecule has 1 aliphatic heterocycles. The molecule has 1 unspecified atom stereocenters. The molecular formula is C16H20N2O2. The van der Waals surface area contributed by atoms with Gasteiger partial charge in [0.15, 0.2) is 0 Å². The third kappa shape index (κ3) is 2.68. The molecule has 1 fully saturated rings. The highest BCUT2D eigenvalue weighted by Crippen LogP contribution is 2.38. The van der Waals surface area contributed by atoms with Gasteiger partial charge in [-0.3, -0.25) is 9.69 Å². The lowest BCUT2D eigenvalue weighted by atomic mass is 9.76. The average Bonchev–Trinajstić information content (AvgIpc) is 2.85. The van der Waals surface area contributed by atoms with E-state index >= 15 is 0 Å². The summed E-state index contributed by atoms with van der Waals surface area (Å²) in [4.78, 5) is 13.8. The van der Waals surface area contributed by atoms with E-state index in [0.717, 1.165) is 18.7 Å². The summed E-state index contributed by atoms with van der Waals surface area (Å²) in [5.41, 5.74) is 1.15. The molecule has 1 aromatic rings. The molecule has 1 aromatic carbocycles. The molecule has 1 aliphatic rings. The summed E-state index contributed by atoms with van der Waals surface area (Å²) in [6.07, 6.45) is 0.705. The van der Waals surface area contributed by atoms with Gasteiger partial charge in [0.25, 0.3) is 0 Å². The topological polar surface area (TPSA) is 64.3 Å². The average molecular weight is 272 g/mol. The van der Waals surface area contributed by atoms with Gasteiger partial charge in [0.1, 0.15) is 0 Å². The van der Waals surface area contributed by atoms with Crippen LogP contribution in [0, 0.1) is 22.7 Å². The number of hydrogen-bond acceptors (Lipinski definition) is 3. The molecule has 20 heavy (non-hydrogen) atoms. The summed E-state index contributed by atoms with van der Waals surface area (Å²) in [6.45, 7) is 6.12. The fourth-order valence-electron chi connectivity index (χ4n) is 2.89. The van der Waals surface area contributed by atoms with Gasteiger partial charge in [-0.1, -0.05) is 26.0 Å². The van der Waals surface area contributed by atoms with E-state index in [9.17, 15) is 9.90 Å². The smallest absolute Gasteiger partial charge is 0.311 e. The number of benzene rings is 1. The largest absolute Gasteiger partial charge is 0.481 e. The zero-order valence-corrected chi connectivity index (χ0v) is 12.0. The quantitative estimate of drug-likeness (QED) is 0.914. The first-order valence-corrected chi connectivity index (χ1v) is 6.93. The highest BCUT2D eigenvalue weighted by atomic mass is 16.4. The number of likely N-dealkylation sites (tertiary alicyclic amines) is 1. The van der Waals surface area contributed by atoms with E-state index in [1.807, 2.05) is 26.0 Å². The maximum Gasteiger partial charge on any atom is 0.311 e. The van der Waals surface area contributed by atoms with Crippen LogP contribution in [0.5, 0.6) is 0 Å². The van der Waals surface area contributed by atoms with Crippen molar-refractivity contribution in [3.8, 4) is 6.07 Å². The third-order valence-corrected chi connectivity index (χ3v) is 4.40. The summed E-state index contributed by atoms with van der Waals surface area (Å²) in [7, 11) is 0. The number of rotatable bonds is 4. The van der Waals surface area contributed by atoms with Gasteiger partial charge in [0.2, 0.25) is 0 Å². The van der Waals surface area contributed by atoms with Gasteiger partial charge in [0, 0.05) is 13.1 Å². The van der Waals surface area contributed by atoms with E-state index in [0.29, 0.717) is 18.5 Å². The van der Waals surface area contributed by atoms with Gasteiger partial charge < -0.3 is 5.11 Å². The standard InChI is InChI=1S/C16H20N2O2/c1-12(2)16(15(19)20)7-8-18(11-16)10-14-5-3-13(9-17)4-6-14/h3-6,12H,7-8,10-11H2,1-2H3,(H,19,20). The van der Waals surface area contributed by atoms with Crippen LogP contribution in [0.1, 0.15) is 31.4 Å². The molecule has 1 heterocycles. The van der Waals surface area contributed by atoms with Gasteiger partial charge in [-0.15, -0.1) is 0 Å². The highest BCUT2D eigenvalue weighted by Gasteiger charge is 2.46. The molecule has 0 amide bonds. The summed E-state index contributed by atoms with van der Waals surface area (Å²) >= 11 is 0. The zero-order valence-electron chi connectivity index (χ0n) is 12.0. The Bertz CT molecular complexity index is 530. The van der Waals surface area contributed by atoms with E-state index in [2.05, 4.69) is 11.0 Å². The Hall–Kier alpha value is -1.86. The molecule has 2 rings (SSSR count). The number of carboxylic acid groups (broad SMARTS) is 1. The van der Waals surface area contributed by atoms with Crippen LogP contribution in [0.15, 0.2) is 24.3 Å². The van der Waals surface area contributed by atoms with Crippen LogP contribution in [0.4, 0.5) is 0 Å². The van der Waals surface area contributed by atoms with Crippen molar-refractivity contribution in [2.75, 3.05) is 13.1 Å². The minimum atomic E-state index is -0.685. The lowest BCUT2D eigenvalue weighted by molar-refractivity contribution is -0.151. The molecule has 106 valence electrons. The van der Waals surface area contributed by atoms with Gasteiger partial charge in [-0.2, -0.15) is 5.26 Å². The van der Waals surface area contributed by atoms with Crippen molar-refractivity contribution in [3.63, 3.8) is 0 Å². The third-order valence-electron chi connectivity index (χ3n) is 4.40. The predicted molar refractivity (Wildman–Crippen MR) is 76.0 cm³/mol. The molecule has 4 nitrogen and oxygen atoms in total. The van der Waals surface area contributed by atoms with Crippen molar-refractivity contribution in [1.29, 1.82) is 5.26 Å². The first-order valence-electron chi connectivity index (χ1n) is 6.93. The summed E-state index contributed by atoms with van der Waals surface area (Å²) in [5.74, 6) is -0.555. The fourth-order valence-corrected chi connectivity index (χ4v) is 2.89. The number of hydrogen-bond donors (Lipinski definition) is 1. The Labute approximate surface area is 119 Å². The molecule has 1 N–H and O–H groups in total. The number of carbonyl (C=O) groups is 1. The Morgan fingerprint density at radius 3 is 2.55 bits per heavy atom. The Morgan fingerprint density at radius 1 is 1.45 bits per heavy atom. The molecule has 1 atom stereocenters. The van der Waals surface area contributed by atoms with Crippen LogP contribution in [-0.2, 0) is 11.3 Å². The van der Waals surface area contributed by atoms with E-state index < -0.39 is 11.4 Å². The van der Waals surface area contributed by atoms with Crippen LogP contribution in [-0.4, -0.2) is 29.1 Å². The monoisotopic (exact) mass is 272 g/mol. The predicted octanol–water partition coefficient (Wildman–Crippen LogP) is 2.49. The van der Waals surface area contributed by atoms with E-state index in [1.54, 1.807) is 12.1 Å². The molecular weight excluding hydrogens is 252 g/mol. The lowest BCUT2D eigenvalue weighted by Gasteiger charge is -2.28. The van der Waals surface area contributed by atoms with Crippen LogP contribution >= 0.6 is 0 Å². The number of aliphatic carboxylic acids is 1. The first kappa shape index (κ1) is 14.5. The first-order chi connectivity index (χ1) is 9.48. The van der Waals surface area contributed by atoms with Crippen LogP contribution in [0.2, 0.25) is 0 Å². The molecule has 0 aromatic heterocycles. The van der Waals surface area contributed by atoms with Crippen LogP contribution in [0.3, 0.4) is 0 Å². The maximum atomic E-state index is 11.6. The lowest BCUT2D eigenvalue weighted by Crippen LogP contribution is -2.39. The van der Waals surface area contributed by atoms with Crippen molar-refractivity contribution in [3.05, 3.63) is 35.4 Å². The van der Waals surface area contributed by atoms with Crippen molar-refractivity contribution < 1.29 is 9.90 Å². The summed E-state index contributed by atoms with van der Waals surface area (Å²) < 4.78 is 0. The van der Waals surface area contributed by atoms with Gasteiger partial charge in [0.05, 0.1) is 17.0 Å². The maximum absolute atomic E-state index is 11.6. The number of carboxylic acids is 1. The molecule has 0 saturated carbocycles. The SMILES string of the molecule is CC(C)C1(C(=O)O)CCN(Cc2ccc(C#N)cc2)C1. The minimum absolute atomic E-state index is 0.131. The fraction of sp³-hybridized carbons (Fsp3) is 0.500. The Balaban J connectivity index is 2.06. The molecule has 0 spiro atoms. The second-order valence-electron chi connectivity index (χ2n) is 5.89. The minimum Gasteiger partial charge on any atom is -0.481 e. The Morgan fingerprint density at radius 2 is 2.10 bits per heavy atom. The van der Waals surface area contributed by atoms with Crippen molar-refractivity contribution in [2.24, 2.45) is 11.3 Å². The molecule has 0 aliphatic carbocycles. The van der Waals surface area contributed by atoms with E-state index in [1.165, 1.54) is 0 Å². The second-order valence-corrected chi connectivity index (χ2v) is 5.89. The van der Waals surface area contributed by atoms with Crippen molar-refractivity contribution >= 4 is 5.97 Å². The summed E-state index contributed by atoms with van der Waals surface area (Å²) in [5, 5.41) is 18.3. The molecule has 0 bridgehead atoms. The second kappa shape index (κ2) is 5.64. The molecule has 0 radical (unpaired) electrons. The zero-order chi connectivity index (χ0) is 14.8. The van der Waals surface area contributed by atoms with Gasteiger partial charge in [-0.05, 0) is 36.6 Å². The number of nitrogens with zero attached hydrogens (tertiary/aromatic N) is 2. The van der Waals surface area contributed by atoms with Gasteiger partial charge in [-0.25, -0.2) is 0 Å².